The number of nitrogens with zero attached hydrogens (tertiary/aromatic N) is 3. The Morgan fingerprint density at radius 3 is 2.57 bits per heavy atom. The van der Waals surface area contributed by atoms with Crippen LogP contribution in [0.15, 0.2) is 106 Å². The number of nitrogens with one attached hydrogen (secondary N) is 1. The number of fused-ring (bicyclic) bond motifs is 1. The number of halogens is 2. The van der Waals surface area contributed by atoms with Gasteiger partial charge in [0.05, 0.1) is 40.0 Å². The van der Waals surface area contributed by atoms with Crippen LogP contribution in [0, 0.1) is 5.82 Å². The number of benzene rings is 4. The lowest BCUT2D eigenvalue weighted by molar-refractivity contribution is 0.0609. The third kappa shape index (κ3) is 8.24. The van der Waals surface area contributed by atoms with Gasteiger partial charge >= 0.3 is 0 Å². The zero-order chi connectivity index (χ0) is 34.4. The van der Waals surface area contributed by atoms with Gasteiger partial charge in [-0.3, -0.25) is 0 Å². The van der Waals surface area contributed by atoms with Crippen molar-refractivity contribution in [1.82, 2.24) is 15.0 Å². The monoisotopic (exact) mass is 762 g/mol. The van der Waals surface area contributed by atoms with Crippen molar-refractivity contribution in [2.75, 3.05) is 24.8 Å². The number of anilines is 2. The molecule has 9 nitrogen and oxygen atoms in total. The minimum atomic E-state index is -3.46. The summed E-state index contributed by atoms with van der Waals surface area (Å²) >= 11 is 5.02. The molecule has 0 aliphatic carbocycles. The lowest BCUT2D eigenvalue weighted by Crippen LogP contribution is -2.14. The van der Waals surface area contributed by atoms with E-state index in [0.29, 0.717) is 34.9 Å². The fourth-order valence-corrected chi connectivity index (χ4v) is 7.71. The second-order valence-corrected chi connectivity index (χ2v) is 14.8. The van der Waals surface area contributed by atoms with E-state index in [1.165, 1.54) is 29.8 Å². The van der Waals surface area contributed by atoms with E-state index in [-0.39, 0.29) is 35.8 Å². The fourth-order valence-electron chi connectivity index (χ4n) is 5.14. The first-order valence-electron chi connectivity index (χ1n) is 15.4. The number of hydrogen-bond donors (Lipinski definition) is 1. The number of methoxy groups -OCH3 is 1. The van der Waals surface area contributed by atoms with E-state index >= 15 is 0 Å². The van der Waals surface area contributed by atoms with Crippen LogP contribution in [0.4, 0.5) is 15.9 Å². The molecule has 49 heavy (non-hydrogen) atoms. The highest BCUT2D eigenvalue weighted by Gasteiger charge is 2.21. The maximum Gasteiger partial charge on any atom is 0.180 e. The van der Waals surface area contributed by atoms with Gasteiger partial charge in [0.25, 0.3) is 0 Å². The van der Waals surface area contributed by atoms with Crippen molar-refractivity contribution >= 4 is 59.5 Å². The predicted octanol–water partition coefficient (Wildman–Crippen LogP) is 8.93. The maximum absolute atomic E-state index is 13.6. The molecule has 0 spiro atoms. The molecule has 0 bridgehead atoms. The number of sulfone groups is 1. The van der Waals surface area contributed by atoms with E-state index in [2.05, 4.69) is 31.2 Å². The van der Waals surface area contributed by atoms with Gasteiger partial charge < -0.3 is 19.5 Å². The van der Waals surface area contributed by atoms with Crippen molar-refractivity contribution in [2.45, 2.75) is 31.0 Å². The summed E-state index contributed by atoms with van der Waals surface area (Å²) in [6.07, 6.45) is 1.74. The molecular weight excluding hydrogens is 731 g/mol. The van der Waals surface area contributed by atoms with Crippen LogP contribution in [0.1, 0.15) is 30.0 Å². The average Bonchev–Trinajstić information content (AvgIpc) is 3.60. The van der Waals surface area contributed by atoms with E-state index in [1.807, 2.05) is 48.7 Å². The number of thiazole rings is 1. The third-order valence-electron chi connectivity index (χ3n) is 7.65. The van der Waals surface area contributed by atoms with Crippen LogP contribution in [0.5, 0.6) is 11.5 Å². The lowest BCUT2D eigenvalue weighted by Gasteiger charge is -2.14. The van der Waals surface area contributed by atoms with Crippen molar-refractivity contribution in [1.29, 1.82) is 0 Å². The van der Waals surface area contributed by atoms with Crippen molar-refractivity contribution in [3.8, 4) is 22.8 Å². The molecule has 252 valence electrons. The molecule has 0 radical (unpaired) electrons. The SMILES string of the molecule is CCC(OCCS(=O)(=O)c1ccccc1)c1nc(-c2cc3c(Nc4ccc(OCc5cccc(F)c5)c(Br)c4)ncnc3cc2OC)cs1. The topological polar surface area (TPSA) is 113 Å². The van der Waals surface area contributed by atoms with Crippen LogP contribution in [-0.4, -0.2) is 42.8 Å². The summed E-state index contributed by atoms with van der Waals surface area (Å²) in [5.41, 5.74) is 3.61. The zero-order valence-electron chi connectivity index (χ0n) is 26.6. The molecule has 0 aliphatic heterocycles. The van der Waals surface area contributed by atoms with E-state index in [4.69, 9.17) is 19.2 Å². The van der Waals surface area contributed by atoms with Crippen LogP contribution < -0.4 is 14.8 Å². The standard InChI is InChI=1S/C36H32BrFN4O5S2/c1-3-32(46-14-15-49(43,44)26-10-5-4-6-11-26)36-42-31(21-48-36)27-18-28-30(19-34(27)45-2)39-22-40-35(28)41-25-12-13-33(29(37)17-25)47-20-23-8-7-9-24(38)16-23/h4-13,16-19,21-22,32H,3,14-15,20H2,1-2H3,(H,39,40,41). The molecule has 4 aromatic carbocycles. The number of ether oxygens (including phenoxy) is 3. The van der Waals surface area contributed by atoms with Crippen LogP contribution in [0.2, 0.25) is 0 Å². The van der Waals surface area contributed by atoms with Crippen molar-refractivity contribution in [2.24, 2.45) is 0 Å². The lowest BCUT2D eigenvalue weighted by atomic mass is 10.1. The fraction of sp³-hybridized carbons (Fsp3) is 0.194. The Bertz CT molecular complexity index is 2180. The molecule has 6 rings (SSSR count). The number of rotatable bonds is 14. The molecule has 2 heterocycles. The molecule has 0 fully saturated rings. The van der Waals surface area contributed by atoms with Gasteiger partial charge in [0, 0.05) is 28.1 Å². The Balaban J connectivity index is 1.19. The van der Waals surface area contributed by atoms with Crippen molar-refractivity contribution < 1.29 is 27.0 Å². The van der Waals surface area contributed by atoms with E-state index in [0.717, 1.165) is 31.7 Å². The molecule has 2 aromatic heterocycles. The van der Waals surface area contributed by atoms with Gasteiger partial charge in [-0.15, -0.1) is 11.3 Å². The second-order valence-electron chi connectivity index (χ2n) is 11.0. The highest BCUT2D eigenvalue weighted by atomic mass is 79.9. The molecule has 1 unspecified atom stereocenters. The highest BCUT2D eigenvalue weighted by molar-refractivity contribution is 9.10. The van der Waals surface area contributed by atoms with Gasteiger partial charge in [-0.2, -0.15) is 0 Å². The second kappa shape index (κ2) is 15.4. The Morgan fingerprint density at radius 2 is 1.82 bits per heavy atom. The first-order valence-corrected chi connectivity index (χ1v) is 18.7. The Kier molecular flexibility index (Phi) is 10.8. The van der Waals surface area contributed by atoms with Gasteiger partial charge in [0.1, 0.15) is 47.2 Å². The molecule has 0 amide bonds. The number of aromatic nitrogens is 3. The minimum Gasteiger partial charge on any atom is -0.496 e. The molecular formula is C36H32BrFN4O5S2. The van der Waals surface area contributed by atoms with Crippen LogP contribution >= 0.6 is 27.3 Å². The van der Waals surface area contributed by atoms with E-state index < -0.39 is 9.84 Å². The van der Waals surface area contributed by atoms with E-state index in [1.54, 1.807) is 43.5 Å². The molecule has 1 N–H and O–H groups in total. The van der Waals surface area contributed by atoms with Crippen LogP contribution in [0.25, 0.3) is 22.2 Å². The summed E-state index contributed by atoms with van der Waals surface area (Å²) in [5.74, 6) is 1.36. The first-order chi connectivity index (χ1) is 23.7. The van der Waals surface area contributed by atoms with Gasteiger partial charge in [0.15, 0.2) is 9.84 Å². The van der Waals surface area contributed by atoms with Gasteiger partial charge in [0.2, 0.25) is 0 Å². The predicted molar refractivity (Wildman–Crippen MR) is 193 cm³/mol. The van der Waals surface area contributed by atoms with Gasteiger partial charge in [-0.25, -0.2) is 27.8 Å². The van der Waals surface area contributed by atoms with Crippen LogP contribution in [0.3, 0.4) is 0 Å². The summed E-state index contributed by atoms with van der Waals surface area (Å²) in [4.78, 5) is 14.1. The first kappa shape index (κ1) is 34.4. The molecule has 13 heteroatoms. The summed E-state index contributed by atoms with van der Waals surface area (Å²) in [7, 11) is -1.86. The molecule has 6 aromatic rings. The largest absolute Gasteiger partial charge is 0.496 e. The van der Waals surface area contributed by atoms with Gasteiger partial charge in [-0.05, 0) is 76.4 Å². The molecule has 0 aliphatic rings. The Morgan fingerprint density at radius 1 is 0.980 bits per heavy atom. The summed E-state index contributed by atoms with van der Waals surface area (Å²) < 4.78 is 57.4. The summed E-state index contributed by atoms with van der Waals surface area (Å²) in [6, 6.07) is 24.0. The third-order valence-corrected chi connectivity index (χ3v) is 10.9. The van der Waals surface area contributed by atoms with Crippen molar-refractivity contribution in [3.63, 3.8) is 0 Å². The zero-order valence-corrected chi connectivity index (χ0v) is 29.8. The Labute approximate surface area is 296 Å². The number of hydrogen-bond acceptors (Lipinski definition) is 10. The van der Waals surface area contributed by atoms with Crippen molar-refractivity contribution in [3.05, 3.63) is 117 Å². The molecule has 1 atom stereocenters. The Hall–Kier alpha value is -4.43. The van der Waals surface area contributed by atoms with Gasteiger partial charge in [-0.1, -0.05) is 37.3 Å². The molecule has 0 saturated carbocycles. The van der Waals surface area contributed by atoms with Crippen LogP contribution in [-0.2, 0) is 21.2 Å². The average molecular weight is 764 g/mol. The minimum absolute atomic E-state index is 0.0482. The normalized spacial score (nSPS) is 12.2. The highest BCUT2D eigenvalue weighted by Crippen LogP contribution is 2.38. The summed E-state index contributed by atoms with van der Waals surface area (Å²) in [6.45, 7) is 2.25. The summed E-state index contributed by atoms with van der Waals surface area (Å²) in [5, 5.41) is 6.81. The molecule has 0 saturated heterocycles. The maximum atomic E-state index is 13.6. The van der Waals surface area contributed by atoms with E-state index in [9.17, 15) is 12.8 Å². The quantitative estimate of drug-likeness (QED) is 0.116. The smallest absolute Gasteiger partial charge is 0.180 e.